The fourth-order valence-corrected chi connectivity index (χ4v) is 7.40. The smallest absolute Gasteiger partial charge is 0.193 e. The number of hydrogen-bond donors (Lipinski definition) is 0. The molecule has 0 N–H and O–H groups in total. The molecule has 0 saturated carbocycles. The van der Waals surface area contributed by atoms with E-state index in [9.17, 15) is 8.42 Å². The molecule has 2 heterocycles. The average Bonchev–Trinajstić information content (AvgIpc) is 3.27. The van der Waals surface area contributed by atoms with Crippen molar-refractivity contribution in [1.29, 1.82) is 0 Å². The van der Waals surface area contributed by atoms with Crippen molar-refractivity contribution in [3.05, 3.63) is 101 Å². The van der Waals surface area contributed by atoms with Crippen molar-refractivity contribution < 1.29 is 13.2 Å². The van der Waals surface area contributed by atoms with E-state index >= 15 is 0 Å². The molecule has 0 spiro atoms. The van der Waals surface area contributed by atoms with Gasteiger partial charge in [-0.3, -0.25) is 4.90 Å². The predicted molar refractivity (Wildman–Crippen MR) is 130 cm³/mol. The molecule has 1 fully saturated rings. The van der Waals surface area contributed by atoms with Gasteiger partial charge in [0, 0.05) is 29.7 Å². The van der Waals surface area contributed by atoms with E-state index < -0.39 is 20.7 Å². The molecule has 2 unspecified atom stereocenters. The largest absolute Gasteiger partial charge is 0.487 e. The highest BCUT2D eigenvalue weighted by atomic mass is 79.9. The van der Waals surface area contributed by atoms with Crippen LogP contribution in [0.1, 0.15) is 23.6 Å². The number of hydrogen-bond acceptors (Lipinski definition) is 4. The van der Waals surface area contributed by atoms with Gasteiger partial charge in [-0.15, -0.1) is 0 Å². The standard InChI is InChI=1S/C26H24BrNO3S/c1-18(2)20-8-11-22(12-9-20)32(29,30)26-17-28(15-19-6-4-3-5-7-19)16-25(26)31-24-14-21(27)10-13-23(24)26/h3-14,25H,1,15-17H2,2H3. The number of ether oxygens (including phenoxy) is 1. The highest BCUT2D eigenvalue weighted by molar-refractivity contribution is 9.10. The summed E-state index contributed by atoms with van der Waals surface area (Å²) < 4.78 is 34.5. The monoisotopic (exact) mass is 509 g/mol. The molecule has 0 aromatic heterocycles. The van der Waals surface area contributed by atoms with Gasteiger partial charge in [0.25, 0.3) is 0 Å². The van der Waals surface area contributed by atoms with Crippen LogP contribution in [0.5, 0.6) is 5.75 Å². The third kappa shape index (κ3) is 3.33. The molecule has 0 aliphatic carbocycles. The summed E-state index contributed by atoms with van der Waals surface area (Å²) >= 11 is 3.49. The van der Waals surface area contributed by atoms with Crippen LogP contribution in [-0.2, 0) is 21.1 Å². The van der Waals surface area contributed by atoms with Gasteiger partial charge >= 0.3 is 0 Å². The summed E-state index contributed by atoms with van der Waals surface area (Å²) in [6.45, 7) is 7.47. The summed E-state index contributed by atoms with van der Waals surface area (Å²) in [7, 11) is -3.74. The molecule has 4 nitrogen and oxygen atoms in total. The molecule has 5 rings (SSSR count). The Kier molecular flexibility index (Phi) is 5.27. The Morgan fingerprint density at radius 3 is 2.53 bits per heavy atom. The van der Waals surface area contributed by atoms with Crippen LogP contribution >= 0.6 is 15.9 Å². The molecule has 0 amide bonds. The maximum absolute atomic E-state index is 14.2. The molecule has 164 valence electrons. The highest BCUT2D eigenvalue weighted by Gasteiger charge is 2.63. The van der Waals surface area contributed by atoms with Crippen LogP contribution in [-0.4, -0.2) is 32.5 Å². The molecule has 2 aliphatic rings. The van der Waals surface area contributed by atoms with Gasteiger partial charge in [-0.05, 0) is 42.3 Å². The minimum absolute atomic E-state index is 0.313. The molecule has 0 radical (unpaired) electrons. The summed E-state index contributed by atoms with van der Waals surface area (Å²) in [6.07, 6.45) is -0.471. The fourth-order valence-electron chi connectivity index (χ4n) is 4.86. The zero-order valence-electron chi connectivity index (χ0n) is 17.8. The van der Waals surface area contributed by atoms with Crippen LogP contribution in [0, 0.1) is 0 Å². The van der Waals surface area contributed by atoms with E-state index in [1.807, 2.05) is 55.5 Å². The fraction of sp³-hybridized carbons (Fsp3) is 0.231. The summed E-state index contributed by atoms with van der Waals surface area (Å²) in [5, 5.41) is 0. The maximum Gasteiger partial charge on any atom is 0.193 e. The first-order chi connectivity index (χ1) is 15.3. The van der Waals surface area contributed by atoms with Crippen molar-refractivity contribution in [3.8, 4) is 5.75 Å². The van der Waals surface area contributed by atoms with Crippen molar-refractivity contribution in [1.82, 2.24) is 4.90 Å². The summed E-state index contributed by atoms with van der Waals surface area (Å²) in [5.74, 6) is 0.644. The minimum atomic E-state index is -3.74. The Balaban J connectivity index is 1.60. The number of halogens is 1. The van der Waals surface area contributed by atoms with Crippen LogP contribution in [0.3, 0.4) is 0 Å². The van der Waals surface area contributed by atoms with Crippen LogP contribution in [0.2, 0.25) is 0 Å². The number of nitrogens with zero attached hydrogens (tertiary/aromatic N) is 1. The van der Waals surface area contributed by atoms with Crippen LogP contribution in [0.4, 0.5) is 0 Å². The third-order valence-electron chi connectivity index (χ3n) is 6.46. The van der Waals surface area contributed by atoms with E-state index in [1.54, 1.807) is 12.1 Å². The Hall–Kier alpha value is -2.41. The lowest BCUT2D eigenvalue weighted by molar-refractivity contribution is 0.203. The molecule has 0 bridgehead atoms. The number of sulfone groups is 1. The number of fused-ring (bicyclic) bond motifs is 3. The molecule has 1 saturated heterocycles. The molecular formula is C26H24BrNO3S. The molecule has 32 heavy (non-hydrogen) atoms. The van der Waals surface area contributed by atoms with Crippen molar-refractivity contribution in [2.24, 2.45) is 0 Å². The highest BCUT2D eigenvalue weighted by Crippen LogP contribution is 2.53. The van der Waals surface area contributed by atoms with Crippen LogP contribution in [0.25, 0.3) is 5.57 Å². The normalized spacial score (nSPS) is 22.2. The van der Waals surface area contributed by atoms with Gasteiger partial charge in [0.2, 0.25) is 0 Å². The average molecular weight is 510 g/mol. The first-order valence-corrected chi connectivity index (χ1v) is 12.8. The lowest BCUT2D eigenvalue weighted by atomic mass is 9.97. The lowest BCUT2D eigenvalue weighted by Gasteiger charge is -2.28. The Bertz CT molecular complexity index is 1290. The van der Waals surface area contributed by atoms with Gasteiger partial charge in [0.05, 0.1) is 4.90 Å². The quantitative estimate of drug-likeness (QED) is 0.460. The van der Waals surface area contributed by atoms with Crippen molar-refractivity contribution >= 4 is 31.3 Å². The molecule has 6 heteroatoms. The van der Waals surface area contributed by atoms with Crippen molar-refractivity contribution in [2.45, 2.75) is 29.2 Å². The van der Waals surface area contributed by atoms with E-state index in [1.165, 1.54) is 0 Å². The number of benzene rings is 3. The third-order valence-corrected chi connectivity index (χ3v) is 9.41. The Labute approximate surface area is 197 Å². The SMILES string of the molecule is C=C(C)c1ccc(S(=O)(=O)C23CN(Cc4ccccc4)CC2Oc2cc(Br)ccc23)cc1. The van der Waals surface area contributed by atoms with Crippen molar-refractivity contribution in [2.75, 3.05) is 13.1 Å². The van der Waals surface area contributed by atoms with Gasteiger partial charge in [-0.1, -0.05) is 76.6 Å². The van der Waals surface area contributed by atoms with Crippen LogP contribution in [0.15, 0.2) is 88.7 Å². The zero-order valence-corrected chi connectivity index (χ0v) is 20.2. The second-order valence-electron chi connectivity index (χ2n) is 8.60. The summed E-state index contributed by atoms with van der Waals surface area (Å²) in [5.41, 5.74) is 3.73. The van der Waals surface area contributed by atoms with E-state index in [4.69, 9.17) is 4.74 Å². The summed E-state index contributed by atoms with van der Waals surface area (Å²) in [4.78, 5) is 2.50. The van der Waals surface area contributed by atoms with E-state index in [2.05, 4.69) is 39.5 Å². The molecule has 3 aromatic rings. The first kappa shape index (κ1) is 21.4. The van der Waals surface area contributed by atoms with E-state index in [-0.39, 0.29) is 0 Å². The second kappa shape index (κ2) is 7.87. The van der Waals surface area contributed by atoms with Crippen molar-refractivity contribution in [3.63, 3.8) is 0 Å². The first-order valence-electron chi connectivity index (χ1n) is 10.5. The van der Waals surface area contributed by atoms with Gasteiger partial charge in [0.15, 0.2) is 14.6 Å². The van der Waals surface area contributed by atoms with Gasteiger partial charge in [-0.2, -0.15) is 0 Å². The lowest BCUT2D eigenvalue weighted by Crippen LogP contribution is -2.44. The maximum atomic E-state index is 14.2. The molecule has 2 aliphatic heterocycles. The van der Waals surface area contributed by atoms with Crippen LogP contribution < -0.4 is 4.74 Å². The van der Waals surface area contributed by atoms with Gasteiger partial charge < -0.3 is 4.74 Å². The molecular weight excluding hydrogens is 486 g/mol. The Morgan fingerprint density at radius 1 is 1.12 bits per heavy atom. The van der Waals surface area contributed by atoms with E-state index in [0.717, 1.165) is 26.7 Å². The summed E-state index contributed by atoms with van der Waals surface area (Å²) in [6, 6.07) is 22.8. The topological polar surface area (TPSA) is 46.6 Å². The van der Waals surface area contributed by atoms with Gasteiger partial charge in [0.1, 0.15) is 11.9 Å². The minimum Gasteiger partial charge on any atom is -0.487 e. The van der Waals surface area contributed by atoms with E-state index in [0.29, 0.717) is 30.3 Å². The second-order valence-corrected chi connectivity index (χ2v) is 11.7. The number of rotatable bonds is 5. The molecule has 2 atom stereocenters. The number of likely N-dealkylation sites (tertiary alicyclic amines) is 1. The Morgan fingerprint density at radius 2 is 1.84 bits per heavy atom. The number of allylic oxidation sites excluding steroid dienone is 1. The zero-order chi connectivity index (χ0) is 22.5. The predicted octanol–water partition coefficient (Wildman–Crippen LogP) is 5.43. The molecule has 3 aromatic carbocycles. The van der Waals surface area contributed by atoms with Gasteiger partial charge in [-0.25, -0.2) is 8.42 Å².